The molecule has 0 bridgehead atoms. The van der Waals surface area contributed by atoms with Crippen LogP contribution in [0, 0.1) is 5.92 Å². The highest BCUT2D eigenvalue weighted by Crippen LogP contribution is 2.19. The van der Waals surface area contributed by atoms with Crippen LogP contribution >= 0.6 is 11.6 Å². The highest BCUT2D eigenvalue weighted by Gasteiger charge is 2.16. The van der Waals surface area contributed by atoms with Gasteiger partial charge in [-0.2, -0.15) is 4.98 Å². The van der Waals surface area contributed by atoms with E-state index in [-0.39, 0.29) is 5.91 Å². The fraction of sp³-hybridized carbons (Fsp3) is 0.471. The molecule has 7 heteroatoms. The molecule has 6 nitrogen and oxygen atoms in total. The topological polar surface area (TPSA) is 77.2 Å². The van der Waals surface area contributed by atoms with Gasteiger partial charge in [0.25, 0.3) is 0 Å². The third-order valence-electron chi connectivity index (χ3n) is 3.98. The molecular weight excluding hydrogens is 330 g/mol. The molecule has 0 unspecified atom stereocenters. The van der Waals surface area contributed by atoms with E-state index in [1.807, 2.05) is 12.1 Å². The third kappa shape index (κ3) is 4.79. The minimum Gasteiger partial charge on any atom is -0.381 e. The number of aryl methyl sites for hydroxylation is 1. The van der Waals surface area contributed by atoms with Crippen molar-refractivity contribution in [1.29, 1.82) is 0 Å². The molecule has 1 amide bonds. The van der Waals surface area contributed by atoms with Crippen molar-refractivity contribution in [2.75, 3.05) is 19.8 Å². The van der Waals surface area contributed by atoms with E-state index in [9.17, 15) is 4.79 Å². The van der Waals surface area contributed by atoms with Crippen molar-refractivity contribution in [1.82, 2.24) is 15.5 Å². The monoisotopic (exact) mass is 349 g/mol. The third-order valence-corrected chi connectivity index (χ3v) is 4.23. The van der Waals surface area contributed by atoms with Gasteiger partial charge in [0, 0.05) is 42.5 Å². The number of benzene rings is 1. The molecule has 0 radical (unpaired) electrons. The van der Waals surface area contributed by atoms with Gasteiger partial charge in [0.05, 0.1) is 6.61 Å². The SMILES string of the molecule is O=C(CCCc1nc(-c2ccc(Cl)cc2)no1)NC[C@@H]1CCOC1. The number of hydrogen-bond acceptors (Lipinski definition) is 5. The first-order chi connectivity index (χ1) is 11.7. The lowest BCUT2D eigenvalue weighted by atomic mass is 10.1. The van der Waals surface area contributed by atoms with Crippen LogP contribution in [0.2, 0.25) is 5.02 Å². The second-order valence-electron chi connectivity index (χ2n) is 5.91. The summed E-state index contributed by atoms with van der Waals surface area (Å²) in [5, 5.41) is 7.57. The molecule has 1 N–H and O–H groups in total. The van der Waals surface area contributed by atoms with Crippen molar-refractivity contribution in [3.05, 3.63) is 35.2 Å². The summed E-state index contributed by atoms with van der Waals surface area (Å²) in [5.41, 5.74) is 0.853. The van der Waals surface area contributed by atoms with E-state index in [4.69, 9.17) is 20.9 Å². The highest BCUT2D eigenvalue weighted by molar-refractivity contribution is 6.30. The number of halogens is 1. The van der Waals surface area contributed by atoms with Crippen molar-refractivity contribution in [3.63, 3.8) is 0 Å². The molecule has 1 aliphatic heterocycles. The lowest BCUT2D eigenvalue weighted by Gasteiger charge is -2.08. The minimum atomic E-state index is 0.0549. The molecule has 1 aromatic heterocycles. The largest absolute Gasteiger partial charge is 0.381 e. The van der Waals surface area contributed by atoms with E-state index >= 15 is 0 Å². The van der Waals surface area contributed by atoms with Crippen LogP contribution in [0.1, 0.15) is 25.2 Å². The molecular formula is C17H20ClN3O3. The van der Waals surface area contributed by atoms with Gasteiger partial charge in [-0.05, 0) is 37.1 Å². The van der Waals surface area contributed by atoms with Crippen LogP contribution in [0.5, 0.6) is 0 Å². The Balaban J connectivity index is 1.40. The predicted molar refractivity (Wildman–Crippen MR) is 89.6 cm³/mol. The first-order valence-electron chi connectivity index (χ1n) is 8.13. The van der Waals surface area contributed by atoms with Crippen molar-refractivity contribution >= 4 is 17.5 Å². The van der Waals surface area contributed by atoms with Crippen molar-refractivity contribution in [2.24, 2.45) is 5.92 Å². The molecule has 0 spiro atoms. The molecule has 2 aromatic rings. The number of ether oxygens (including phenoxy) is 1. The zero-order chi connectivity index (χ0) is 16.8. The van der Waals surface area contributed by atoms with Gasteiger partial charge in [0.1, 0.15) is 0 Å². The molecule has 1 aromatic carbocycles. The van der Waals surface area contributed by atoms with E-state index in [2.05, 4.69) is 15.5 Å². The average molecular weight is 350 g/mol. The Kier molecular flexibility index (Phi) is 5.82. The zero-order valence-corrected chi connectivity index (χ0v) is 14.1. The van der Waals surface area contributed by atoms with Crippen LogP contribution in [0.15, 0.2) is 28.8 Å². The van der Waals surface area contributed by atoms with Crippen LogP contribution in [-0.2, 0) is 16.0 Å². The summed E-state index contributed by atoms with van der Waals surface area (Å²) in [6.07, 6.45) is 2.73. The smallest absolute Gasteiger partial charge is 0.226 e. The highest BCUT2D eigenvalue weighted by atomic mass is 35.5. The lowest BCUT2D eigenvalue weighted by molar-refractivity contribution is -0.121. The summed E-state index contributed by atoms with van der Waals surface area (Å²) in [7, 11) is 0. The van der Waals surface area contributed by atoms with E-state index in [0.717, 1.165) is 25.2 Å². The number of carbonyl (C=O) groups excluding carboxylic acids is 1. The number of nitrogens with zero attached hydrogens (tertiary/aromatic N) is 2. The fourth-order valence-corrected chi connectivity index (χ4v) is 2.69. The van der Waals surface area contributed by atoms with Gasteiger partial charge in [0.2, 0.25) is 17.6 Å². The Morgan fingerprint density at radius 1 is 1.33 bits per heavy atom. The van der Waals surface area contributed by atoms with E-state index in [1.54, 1.807) is 12.1 Å². The minimum absolute atomic E-state index is 0.0549. The summed E-state index contributed by atoms with van der Waals surface area (Å²) in [6.45, 7) is 2.24. The molecule has 1 fully saturated rings. The molecule has 1 saturated heterocycles. The van der Waals surface area contributed by atoms with Crippen LogP contribution in [0.3, 0.4) is 0 Å². The van der Waals surface area contributed by atoms with Gasteiger partial charge in [-0.3, -0.25) is 4.79 Å². The maximum atomic E-state index is 11.8. The Bertz CT molecular complexity index is 666. The number of carbonyl (C=O) groups is 1. The summed E-state index contributed by atoms with van der Waals surface area (Å²) in [6, 6.07) is 7.26. The second-order valence-corrected chi connectivity index (χ2v) is 6.34. The molecule has 0 aliphatic carbocycles. The first-order valence-corrected chi connectivity index (χ1v) is 8.51. The fourth-order valence-electron chi connectivity index (χ4n) is 2.56. The van der Waals surface area contributed by atoms with E-state index in [0.29, 0.717) is 48.5 Å². The number of rotatable bonds is 7. The summed E-state index contributed by atoms with van der Waals surface area (Å²) in [5.74, 6) is 1.58. The van der Waals surface area contributed by atoms with Crippen LogP contribution < -0.4 is 5.32 Å². The van der Waals surface area contributed by atoms with E-state index in [1.165, 1.54) is 0 Å². The summed E-state index contributed by atoms with van der Waals surface area (Å²) < 4.78 is 10.5. The van der Waals surface area contributed by atoms with E-state index < -0.39 is 0 Å². The molecule has 3 rings (SSSR count). The van der Waals surface area contributed by atoms with Gasteiger partial charge in [-0.15, -0.1) is 0 Å². The quantitative estimate of drug-likeness (QED) is 0.831. The average Bonchev–Trinajstić information content (AvgIpc) is 3.25. The van der Waals surface area contributed by atoms with Crippen LogP contribution in [-0.4, -0.2) is 35.8 Å². The lowest BCUT2D eigenvalue weighted by Crippen LogP contribution is -2.29. The Hall–Kier alpha value is -1.92. The van der Waals surface area contributed by atoms with Gasteiger partial charge in [0.15, 0.2) is 0 Å². The molecule has 1 aliphatic rings. The van der Waals surface area contributed by atoms with Crippen molar-refractivity contribution < 1.29 is 14.1 Å². The Morgan fingerprint density at radius 3 is 2.92 bits per heavy atom. The maximum Gasteiger partial charge on any atom is 0.226 e. The Labute approximate surface area is 145 Å². The summed E-state index contributed by atoms with van der Waals surface area (Å²) in [4.78, 5) is 16.2. The number of hydrogen-bond donors (Lipinski definition) is 1. The molecule has 2 heterocycles. The predicted octanol–water partition coefficient (Wildman–Crippen LogP) is 2.87. The number of nitrogens with one attached hydrogen (secondary N) is 1. The molecule has 24 heavy (non-hydrogen) atoms. The molecule has 0 saturated carbocycles. The number of amides is 1. The Morgan fingerprint density at radius 2 is 2.17 bits per heavy atom. The normalized spacial score (nSPS) is 17.1. The van der Waals surface area contributed by atoms with Crippen LogP contribution in [0.4, 0.5) is 0 Å². The standard InChI is InChI=1S/C17H20ClN3O3/c18-14-6-4-13(5-7-14)17-20-16(24-21-17)3-1-2-15(22)19-10-12-8-9-23-11-12/h4-7,12H,1-3,8-11H2,(H,19,22)/t12-/m0/s1. The first kappa shape index (κ1) is 16.9. The van der Waals surface area contributed by atoms with Crippen LogP contribution in [0.25, 0.3) is 11.4 Å². The maximum absolute atomic E-state index is 11.8. The second kappa shape index (κ2) is 8.26. The van der Waals surface area contributed by atoms with Gasteiger partial charge >= 0.3 is 0 Å². The van der Waals surface area contributed by atoms with Gasteiger partial charge < -0.3 is 14.6 Å². The van der Waals surface area contributed by atoms with Crippen molar-refractivity contribution in [2.45, 2.75) is 25.7 Å². The van der Waals surface area contributed by atoms with Crippen molar-refractivity contribution in [3.8, 4) is 11.4 Å². The zero-order valence-electron chi connectivity index (χ0n) is 13.3. The number of aromatic nitrogens is 2. The molecule has 128 valence electrons. The van der Waals surface area contributed by atoms with Gasteiger partial charge in [-0.25, -0.2) is 0 Å². The summed E-state index contributed by atoms with van der Waals surface area (Å²) >= 11 is 5.86. The van der Waals surface area contributed by atoms with Gasteiger partial charge in [-0.1, -0.05) is 16.8 Å². The molecule has 1 atom stereocenters.